The Kier molecular flexibility index (Phi) is 6.20. The minimum Gasteiger partial charge on any atom is -0.480 e. The lowest BCUT2D eigenvalue weighted by Crippen LogP contribution is -2.42. The van der Waals surface area contributed by atoms with Crippen LogP contribution in [-0.2, 0) is 20.7 Å². The summed E-state index contributed by atoms with van der Waals surface area (Å²) in [4.78, 5) is 23.9. The van der Waals surface area contributed by atoms with Crippen molar-refractivity contribution in [3.05, 3.63) is 22.4 Å². The zero-order valence-electron chi connectivity index (χ0n) is 12.2. The number of hydrogen-bond donors (Lipinski definition) is 1. The van der Waals surface area contributed by atoms with E-state index in [1.807, 2.05) is 30.7 Å². The molecule has 20 heavy (non-hydrogen) atoms. The molecule has 0 aromatic carbocycles. The number of rotatable bonds is 8. The van der Waals surface area contributed by atoms with Crippen molar-refractivity contribution in [1.82, 2.24) is 0 Å². The summed E-state index contributed by atoms with van der Waals surface area (Å²) in [5.74, 6) is -1.59. The summed E-state index contributed by atoms with van der Waals surface area (Å²) in [6.45, 7) is 5.73. The first-order valence-electron chi connectivity index (χ1n) is 6.84. The Labute approximate surface area is 123 Å². The third kappa shape index (κ3) is 4.07. The van der Waals surface area contributed by atoms with Crippen molar-refractivity contribution >= 4 is 23.3 Å². The number of aryl methyl sites for hydroxylation is 1. The molecule has 5 heteroatoms. The van der Waals surface area contributed by atoms with Crippen LogP contribution in [0, 0.1) is 11.3 Å². The number of ether oxygens (including phenoxy) is 1. The highest BCUT2D eigenvalue weighted by Gasteiger charge is 2.47. The number of esters is 1. The minimum absolute atomic E-state index is 0.109. The molecule has 0 radical (unpaired) electrons. The van der Waals surface area contributed by atoms with Crippen molar-refractivity contribution in [2.24, 2.45) is 11.3 Å². The maximum absolute atomic E-state index is 12.2. The maximum Gasteiger partial charge on any atom is 0.323 e. The lowest BCUT2D eigenvalue weighted by Gasteiger charge is -2.28. The molecule has 1 N–H and O–H groups in total. The van der Waals surface area contributed by atoms with Crippen LogP contribution < -0.4 is 0 Å². The van der Waals surface area contributed by atoms with E-state index in [4.69, 9.17) is 4.74 Å². The third-order valence-electron chi connectivity index (χ3n) is 3.25. The SMILES string of the molecule is CCOC(=O)C(CCc1ccsc1)(CC(C)C)C(=O)O. The normalized spacial score (nSPS) is 14.0. The summed E-state index contributed by atoms with van der Waals surface area (Å²) in [6.07, 6.45) is 1.14. The largest absolute Gasteiger partial charge is 0.480 e. The summed E-state index contributed by atoms with van der Waals surface area (Å²) in [6, 6.07) is 1.96. The van der Waals surface area contributed by atoms with Crippen molar-refractivity contribution in [3.63, 3.8) is 0 Å². The second-order valence-corrected chi connectivity index (χ2v) is 6.12. The second-order valence-electron chi connectivity index (χ2n) is 5.34. The minimum atomic E-state index is -1.44. The van der Waals surface area contributed by atoms with Crippen LogP contribution in [0.15, 0.2) is 16.8 Å². The van der Waals surface area contributed by atoms with Gasteiger partial charge in [0.2, 0.25) is 0 Å². The number of carboxylic acids is 1. The molecule has 0 bridgehead atoms. The standard InChI is InChI=1S/C15H22O4S/c1-4-19-14(18)15(13(16)17,9-11(2)3)7-5-12-6-8-20-10-12/h6,8,10-11H,4-5,7,9H2,1-3H3,(H,16,17). The van der Waals surface area contributed by atoms with Gasteiger partial charge < -0.3 is 9.84 Å². The molecule has 112 valence electrons. The summed E-state index contributed by atoms with van der Waals surface area (Å²) >= 11 is 1.57. The van der Waals surface area contributed by atoms with Crippen LogP contribution in [0.5, 0.6) is 0 Å². The van der Waals surface area contributed by atoms with E-state index in [2.05, 4.69) is 0 Å². The number of carboxylic acid groups (broad SMARTS) is 1. The van der Waals surface area contributed by atoms with Gasteiger partial charge in [-0.05, 0) is 54.5 Å². The third-order valence-corrected chi connectivity index (χ3v) is 3.98. The highest BCUT2D eigenvalue weighted by Crippen LogP contribution is 2.34. The van der Waals surface area contributed by atoms with Gasteiger partial charge in [0.1, 0.15) is 0 Å². The number of aliphatic carboxylic acids is 1. The number of carbonyl (C=O) groups excluding carboxylic acids is 1. The zero-order chi connectivity index (χ0) is 15.2. The quantitative estimate of drug-likeness (QED) is 0.590. The van der Waals surface area contributed by atoms with Gasteiger partial charge in [-0.3, -0.25) is 9.59 Å². The Morgan fingerprint density at radius 3 is 2.60 bits per heavy atom. The molecule has 1 atom stereocenters. The summed E-state index contributed by atoms with van der Waals surface area (Å²) < 4.78 is 5.02. The van der Waals surface area contributed by atoms with E-state index in [-0.39, 0.29) is 18.9 Å². The Morgan fingerprint density at radius 1 is 1.45 bits per heavy atom. The van der Waals surface area contributed by atoms with Crippen molar-refractivity contribution in [2.45, 2.75) is 40.0 Å². The molecule has 0 aliphatic rings. The van der Waals surface area contributed by atoms with Gasteiger partial charge in [-0.15, -0.1) is 0 Å². The fourth-order valence-electron chi connectivity index (χ4n) is 2.33. The molecule has 4 nitrogen and oxygen atoms in total. The Balaban J connectivity index is 2.95. The molecule has 1 rings (SSSR count). The van der Waals surface area contributed by atoms with E-state index in [1.54, 1.807) is 18.3 Å². The van der Waals surface area contributed by atoms with Gasteiger partial charge in [-0.1, -0.05) is 13.8 Å². The molecule has 0 aliphatic carbocycles. The first-order valence-corrected chi connectivity index (χ1v) is 7.78. The molecule has 0 saturated heterocycles. The molecular weight excluding hydrogens is 276 g/mol. The predicted molar refractivity (Wildman–Crippen MR) is 78.8 cm³/mol. The molecule has 0 fully saturated rings. The summed E-state index contributed by atoms with van der Waals surface area (Å²) in [5, 5.41) is 13.5. The van der Waals surface area contributed by atoms with Crippen LogP contribution >= 0.6 is 11.3 Å². The van der Waals surface area contributed by atoms with Crippen LogP contribution in [0.1, 0.15) is 39.2 Å². The fraction of sp³-hybridized carbons (Fsp3) is 0.600. The van der Waals surface area contributed by atoms with E-state index in [9.17, 15) is 14.7 Å². The molecule has 0 aliphatic heterocycles. The van der Waals surface area contributed by atoms with Crippen LogP contribution in [0.25, 0.3) is 0 Å². The number of thiophene rings is 1. The smallest absolute Gasteiger partial charge is 0.323 e. The highest BCUT2D eigenvalue weighted by atomic mass is 32.1. The Morgan fingerprint density at radius 2 is 2.15 bits per heavy atom. The van der Waals surface area contributed by atoms with E-state index in [1.165, 1.54) is 0 Å². The van der Waals surface area contributed by atoms with E-state index in [0.29, 0.717) is 12.8 Å². The maximum atomic E-state index is 12.2. The first-order chi connectivity index (χ1) is 9.42. The van der Waals surface area contributed by atoms with E-state index < -0.39 is 17.4 Å². The van der Waals surface area contributed by atoms with Gasteiger partial charge in [0.25, 0.3) is 0 Å². The van der Waals surface area contributed by atoms with Crippen molar-refractivity contribution in [3.8, 4) is 0 Å². The van der Waals surface area contributed by atoms with E-state index in [0.717, 1.165) is 5.56 Å². The van der Waals surface area contributed by atoms with Gasteiger partial charge in [0.05, 0.1) is 6.61 Å². The number of hydrogen-bond acceptors (Lipinski definition) is 4. The monoisotopic (exact) mass is 298 g/mol. The lowest BCUT2D eigenvalue weighted by molar-refractivity contribution is -0.170. The summed E-state index contributed by atoms with van der Waals surface area (Å²) in [7, 11) is 0. The molecule has 1 aromatic heterocycles. The molecule has 0 amide bonds. The topological polar surface area (TPSA) is 63.6 Å². The summed E-state index contributed by atoms with van der Waals surface area (Å²) in [5.41, 5.74) is -0.375. The van der Waals surface area contributed by atoms with Crippen LogP contribution in [0.4, 0.5) is 0 Å². The van der Waals surface area contributed by atoms with Gasteiger partial charge >= 0.3 is 11.9 Å². The molecule has 1 aromatic rings. The highest BCUT2D eigenvalue weighted by molar-refractivity contribution is 7.07. The molecule has 1 unspecified atom stereocenters. The molecular formula is C15H22O4S. The van der Waals surface area contributed by atoms with Crippen LogP contribution in [0.3, 0.4) is 0 Å². The molecule has 0 saturated carbocycles. The van der Waals surface area contributed by atoms with Gasteiger partial charge in [0.15, 0.2) is 5.41 Å². The number of carbonyl (C=O) groups is 2. The first kappa shape index (κ1) is 16.7. The van der Waals surface area contributed by atoms with Crippen LogP contribution in [0.2, 0.25) is 0 Å². The van der Waals surface area contributed by atoms with Gasteiger partial charge in [-0.2, -0.15) is 11.3 Å². The van der Waals surface area contributed by atoms with Crippen LogP contribution in [-0.4, -0.2) is 23.7 Å². The average Bonchev–Trinajstić information content (AvgIpc) is 2.87. The fourth-order valence-corrected chi connectivity index (χ4v) is 3.03. The van der Waals surface area contributed by atoms with Gasteiger partial charge in [-0.25, -0.2) is 0 Å². The van der Waals surface area contributed by atoms with Crippen molar-refractivity contribution in [2.75, 3.05) is 6.61 Å². The Hall–Kier alpha value is -1.36. The Bertz CT molecular complexity index is 439. The van der Waals surface area contributed by atoms with E-state index >= 15 is 0 Å². The average molecular weight is 298 g/mol. The van der Waals surface area contributed by atoms with Crippen molar-refractivity contribution < 1.29 is 19.4 Å². The van der Waals surface area contributed by atoms with Crippen molar-refractivity contribution in [1.29, 1.82) is 0 Å². The molecule has 1 heterocycles. The lowest BCUT2D eigenvalue weighted by atomic mass is 9.76. The molecule has 0 spiro atoms. The predicted octanol–water partition coefficient (Wildman–Crippen LogP) is 3.36. The second kappa shape index (κ2) is 7.43. The van der Waals surface area contributed by atoms with Gasteiger partial charge in [0, 0.05) is 0 Å². The zero-order valence-corrected chi connectivity index (χ0v) is 13.0.